The van der Waals surface area contributed by atoms with Gasteiger partial charge in [-0.1, -0.05) is 23.7 Å². The van der Waals surface area contributed by atoms with Gasteiger partial charge in [0.15, 0.2) is 0 Å². The number of fused-ring (bicyclic) bond motifs is 1. The van der Waals surface area contributed by atoms with E-state index in [2.05, 4.69) is 9.97 Å². The molecule has 2 heterocycles. The predicted octanol–water partition coefficient (Wildman–Crippen LogP) is 3.19. The van der Waals surface area contributed by atoms with Crippen molar-refractivity contribution in [3.8, 4) is 0 Å². The first-order valence-electron chi connectivity index (χ1n) is 6.35. The van der Waals surface area contributed by atoms with Crippen LogP contribution in [0.2, 0.25) is 5.15 Å². The van der Waals surface area contributed by atoms with Gasteiger partial charge in [0.1, 0.15) is 16.4 Å². The minimum atomic E-state index is -0.317. The molecule has 1 unspecified atom stereocenters. The summed E-state index contributed by atoms with van der Waals surface area (Å²) in [6, 6.07) is 7.35. The van der Waals surface area contributed by atoms with E-state index in [-0.39, 0.29) is 28.0 Å². The van der Waals surface area contributed by atoms with Crippen molar-refractivity contribution < 1.29 is 4.39 Å². The van der Waals surface area contributed by atoms with Crippen LogP contribution in [0, 0.1) is 5.82 Å². The Hall–Kier alpha value is -2.27. The Morgan fingerprint density at radius 1 is 1.19 bits per heavy atom. The Balaban J connectivity index is 2.17. The molecule has 0 bridgehead atoms. The lowest BCUT2D eigenvalue weighted by molar-refractivity contribution is 0.600. The number of pyridine rings is 1. The van der Waals surface area contributed by atoms with Gasteiger partial charge < -0.3 is 0 Å². The molecule has 2 aromatic heterocycles. The highest BCUT2D eigenvalue weighted by Gasteiger charge is 2.14. The number of hydrogen-bond acceptors (Lipinski definition) is 3. The van der Waals surface area contributed by atoms with Crippen molar-refractivity contribution in [1.29, 1.82) is 0 Å². The molecule has 106 valence electrons. The highest BCUT2D eigenvalue weighted by atomic mass is 35.5. The molecule has 0 spiro atoms. The van der Waals surface area contributed by atoms with Crippen molar-refractivity contribution in [3.63, 3.8) is 0 Å². The fourth-order valence-corrected chi connectivity index (χ4v) is 2.45. The van der Waals surface area contributed by atoms with Crippen molar-refractivity contribution in [3.05, 3.63) is 69.7 Å². The summed E-state index contributed by atoms with van der Waals surface area (Å²) in [5.74, 6) is -0.317. The zero-order chi connectivity index (χ0) is 15.0. The number of benzene rings is 1. The number of nitrogens with zero attached hydrogens (tertiary/aromatic N) is 3. The van der Waals surface area contributed by atoms with Crippen LogP contribution in [0.4, 0.5) is 4.39 Å². The van der Waals surface area contributed by atoms with E-state index in [1.54, 1.807) is 18.2 Å². The average molecular weight is 304 g/mol. The van der Waals surface area contributed by atoms with Gasteiger partial charge >= 0.3 is 0 Å². The molecule has 4 nitrogen and oxygen atoms in total. The van der Waals surface area contributed by atoms with Crippen molar-refractivity contribution in [2.24, 2.45) is 0 Å². The van der Waals surface area contributed by atoms with Gasteiger partial charge in [0.2, 0.25) is 0 Å². The third-order valence-corrected chi connectivity index (χ3v) is 3.71. The van der Waals surface area contributed by atoms with Crippen LogP contribution < -0.4 is 5.56 Å². The molecule has 6 heteroatoms. The summed E-state index contributed by atoms with van der Waals surface area (Å²) < 4.78 is 14.4. The lowest BCUT2D eigenvalue weighted by Gasteiger charge is -2.15. The maximum Gasteiger partial charge on any atom is 0.264 e. The molecule has 0 saturated carbocycles. The third-order valence-electron chi connectivity index (χ3n) is 3.42. The molecule has 3 rings (SSSR count). The topological polar surface area (TPSA) is 47.8 Å². The van der Waals surface area contributed by atoms with Gasteiger partial charge in [-0.3, -0.25) is 9.36 Å². The van der Waals surface area contributed by atoms with Gasteiger partial charge in [0, 0.05) is 6.20 Å². The minimum Gasteiger partial charge on any atom is -0.291 e. The van der Waals surface area contributed by atoms with Gasteiger partial charge in [-0.2, -0.15) is 0 Å². The number of halogens is 2. The molecule has 21 heavy (non-hydrogen) atoms. The second-order valence-corrected chi connectivity index (χ2v) is 5.04. The van der Waals surface area contributed by atoms with Gasteiger partial charge in [-0.05, 0) is 30.7 Å². The Kier molecular flexibility index (Phi) is 3.43. The summed E-state index contributed by atoms with van der Waals surface area (Å²) >= 11 is 5.99. The summed E-state index contributed by atoms with van der Waals surface area (Å²) in [6.07, 6.45) is 2.97. The van der Waals surface area contributed by atoms with E-state index in [0.29, 0.717) is 5.52 Å². The molecule has 0 radical (unpaired) electrons. The second kappa shape index (κ2) is 5.26. The predicted molar refractivity (Wildman–Crippen MR) is 79.0 cm³/mol. The van der Waals surface area contributed by atoms with Crippen molar-refractivity contribution in [2.75, 3.05) is 0 Å². The largest absolute Gasteiger partial charge is 0.291 e. The van der Waals surface area contributed by atoms with Gasteiger partial charge in [-0.25, -0.2) is 14.4 Å². The number of aromatic nitrogens is 3. The molecular formula is C15H11ClFN3O. The van der Waals surface area contributed by atoms with Crippen molar-refractivity contribution in [1.82, 2.24) is 14.5 Å². The normalized spacial score (nSPS) is 12.5. The van der Waals surface area contributed by atoms with Crippen molar-refractivity contribution in [2.45, 2.75) is 13.0 Å². The average Bonchev–Trinajstić information content (AvgIpc) is 2.48. The molecule has 0 saturated heterocycles. The van der Waals surface area contributed by atoms with E-state index < -0.39 is 0 Å². The molecule has 0 fully saturated rings. The van der Waals surface area contributed by atoms with Crippen molar-refractivity contribution >= 4 is 22.5 Å². The molecule has 1 aromatic carbocycles. The first-order valence-corrected chi connectivity index (χ1v) is 6.72. The Bertz CT molecular complexity index is 861. The van der Waals surface area contributed by atoms with E-state index in [1.165, 1.54) is 29.2 Å². The van der Waals surface area contributed by atoms with Crippen LogP contribution in [0.3, 0.4) is 0 Å². The lowest BCUT2D eigenvalue weighted by Crippen LogP contribution is -2.24. The third kappa shape index (κ3) is 2.40. The smallest absolute Gasteiger partial charge is 0.264 e. The van der Waals surface area contributed by atoms with Crippen LogP contribution in [-0.2, 0) is 0 Å². The first kappa shape index (κ1) is 13.7. The van der Waals surface area contributed by atoms with Crippen LogP contribution >= 0.6 is 11.6 Å². The molecule has 0 aliphatic rings. The fraction of sp³-hybridized carbons (Fsp3) is 0.133. The summed E-state index contributed by atoms with van der Waals surface area (Å²) in [5.41, 5.74) is 1.04. The van der Waals surface area contributed by atoms with E-state index in [4.69, 9.17) is 11.6 Å². The van der Waals surface area contributed by atoms with Crippen LogP contribution in [0.25, 0.3) is 10.9 Å². The van der Waals surface area contributed by atoms with E-state index in [9.17, 15) is 9.18 Å². The molecule has 0 aliphatic carbocycles. The fourth-order valence-electron chi connectivity index (χ4n) is 2.22. The molecule has 0 amide bonds. The molecule has 1 atom stereocenters. The summed E-state index contributed by atoms with van der Waals surface area (Å²) in [7, 11) is 0. The maximum atomic E-state index is 13.0. The van der Waals surface area contributed by atoms with Gasteiger partial charge in [0.05, 0.1) is 17.9 Å². The van der Waals surface area contributed by atoms with Gasteiger partial charge in [0.25, 0.3) is 5.56 Å². The lowest BCUT2D eigenvalue weighted by atomic mass is 10.1. The SMILES string of the molecule is CC(c1ccc(F)cc1)n1cnc2ccnc(Cl)c2c1=O. The Morgan fingerprint density at radius 3 is 2.62 bits per heavy atom. The highest BCUT2D eigenvalue weighted by Crippen LogP contribution is 2.19. The second-order valence-electron chi connectivity index (χ2n) is 4.68. The summed E-state index contributed by atoms with van der Waals surface area (Å²) in [4.78, 5) is 20.7. The zero-order valence-electron chi connectivity index (χ0n) is 11.1. The minimum absolute atomic E-state index is 0.130. The quantitative estimate of drug-likeness (QED) is 0.683. The monoisotopic (exact) mass is 303 g/mol. The molecule has 0 aliphatic heterocycles. The summed E-state index contributed by atoms with van der Waals surface area (Å²) in [5, 5.41) is 0.418. The first-order chi connectivity index (χ1) is 10.1. The zero-order valence-corrected chi connectivity index (χ0v) is 11.9. The number of rotatable bonds is 2. The molecule has 0 N–H and O–H groups in total. The van der Waals surface area contributed by atoms with E-state index >= 15 is 0 Å². The summed E-state index contributed by atoms with van der Waals surface area (Å²) in [6.45, 7) is 1.84. The maximum absolute atomic E-state index is 13.0. The standard InChI is InChI=1S/C15H11ClFN3O/c1-9(10-2-4-11(17)5-3-10)20-8-19-12-6-7-18-14(16)13(12)15(20)21/h2-9H,1H3. The molecular weight excluding hydrogens is 293 g/mol. The Labute approximate surface area is 124 Å². The van der Waals surface area contributed by atoms with E-state index in [0.717, 1.165) is 5.56 Å². The molecule has 3 aromatic rings. The van der Waals surface area contributed by atoms with Crippen LogP contribution in [0.5, 0.6) is 0 Å². The van der Waals surface area contributed by atoms with Gasteiger partial charge in [-0.15, -0.1) is 0 Å². The Morgan fingerprint density at radius 2 is 1.90 bits per heavy atom. The van der Waals surface area contributed by atoms with Crippen LogP contribution in [0.15, 0.2) is 47.7 Å². The highest BCUT2D eigenvalue weighted by molar-refractivity contribution is 6.33. The van der Waals surface area contributed by atoms with E-state index in [1.807, 2.05) is 6.92 Å². The van der Waals surface area contributed by atoms with Crippen LogP contribution in [-0.4, -0.2) is 14.5 Å². The van der Waals surface area contributed by atoms with Crippen LogP contribution in [0.1, 0.15) is 18.5 Å². The number of hydrogen-bond donors (Lipinski definition) is 0.